The summed E-state index contributed by atoms with van der Waals surface area (Å²) in [6.07, 6.45) is -1.31. The predicted molar refractivity (Wildman–Crippen MR) is 99.8 cm³/mol. The molecule has 0 radical (unpaired) electrons. The molecule has 0 saturated heterocycles. The highest BCUT2D eigenvalue weighted by Crippen LogP contribution is 2.55. The standard InChI is InChI=1S/C20H23ClF3NO3/c1-17(2,3)28-16(26)18-6-8-19(25,9-7-18)14(11-18)13-10-12(21)4-5-15(13)27-20(22,23)24/h4-5,10-11H,6-9,25H2,1-3H3. The Balaban J connectivity index is 2.10. The van der Waals surface area contributed by atoms with Gasteiger partial charge in [0, 0.05) is 16.1 Å². The fourth-order valence-electron chi connectivity index (χ4n) is 3.89. The van der Waals surface area contributed by atoms with E-state index in [0.29, 0.717) is 31.3 Å². The highest BCUT2D eigenvalue weighted by molar-refractivity contribution is 6.30. The van der Waals surface area contributed by atoms with Crippen molar-refractivity contribution < 1.29 is 27.4 Å². The second-order valence-electron chi connectivity index (χ2n) is 8.56. The number of halogens is 4. The lowest BCUT2D eigenvalue weighted by Gasteiger charge is -2.49. The van der Waals surface area contributed by atoms with E-state index in [-0.39, 0.29) is 22.3 Å². The summed E-state index contributed by atoms with van der Waals surface area (Å²) < 4.78 is 48.4. The molecular formula is C20H23ClF3NO3. The second-order valence-corrected chi connectivity index (χ2v) is 9.00. The number of nitrogens with two attached hydrogens (primary N) is 1. The number of ether oxygens (including phenoxy) is 2. The zero-order valence-corrected chi connectivity index (χ0v) is 16.7. The van der Waals surface area contributed by atoms with E-state index in [2.05, 4.69) is 4.74 Å². The van der Waals surface area contributed by atoms with Crippen molar-refractivity contribution in [3.05, 3.63) is 34.9 Å². The third-order valence-corrected chi connectivity index (χ3v) is 5.49. The molecule has 0 amide bonds. The summed E-state index contributed by atoms with van der Waals surface area (Å²) >= 11 is 6.04. The SMILES string of the molecule is CC(C)(C)OC(=O)C12C=C(c3cc(Cl)ccc3OC(F)(F)F)C(N)(CC1)CC2. The molecular weight excluding hydrogens is 395 g/mol. The van der Waals surface area contributed by atoms with Gasteiger partial charge < -0.3 is 15.2 Å². The summed E-state index contributed by atoms with van der Waals surface area (Å²) in [5.41, 5.74) is 4.70. The number of hydrogen-bond donors (Lipinski definition) is 1. The fourth-order valence-corrected chi connectivity index (χ4v) is 4.06. The smallest absolute Gasteiger partial charge is 0.459 e. The lowest BCUT2D eigenvalue weighted by atomic mass is 9.57. The van der Waals surface area contributed by atoms with Crippen LogP contribution in [0.2, 0.25) is 5.02 Å². The van der Waals surface area contributed by atoms with Crippen LogP contribution in [0.5, 0.6) is 5.75 Å². The molecule has 8 heteroatoms. The van der Waals surface area contributed by atoms with Gasteiger partial charge in [-0.2, -0.15) is 0 Å². The van der Waals surface area contributed by atoms with E-state index in [1.165, 1.54) is 12.1 Å². The Morgan fingerprint density at radius 2 is 1.75 bits per heavy atom. The lowest BCUT2D eigenvalue weighted by Crippen LogP contribution is -2.54. The maximum Gasteiger partial charge on any atom is 0.573 e. The Morgan fingerprint density at radius 3 is 2.29 bits per heavy atom. The van der Waals surface area contributed by atoms with E-state index in [4.69, 9.17) is 22.1 Å². The summed E-state index contributed by atoms with van der Waals surface area (Å²) in [5.74, 6) is -0.778. The van der Waals surface area contributed by atoms with Crippen LogP contribution in [0.25, 0.3) is 5.57 Å². The first-order valence-electron chi connectivity index (χ1n) is 9.04. The van der Waals surface area contributed by atoms with Gasteiger partial charge in [-0.05, 0) is 70.2 Å². The summed E-state index contributed by atoms with van der Waals surface area (Å²) in [6, 6.07) is 3.88. The van der Waals surface area contributed by atoms with Gasteiger partial charge in [-0.15, -0.1) is 13.2 Å². The molecule has 1 fully saturated rings. The number of esters is 1. The van der Waals surface area contributed by atoms with Gasteiger partial charge in [0.15, 0.2) is 0 Å². The maximum absolute atomic E-state index is 12.9. The minimum Gasteiger partial charge on any atom is -0.459 e. The lowest BCUT2D eigenvalue weighted by molar-refractivity contribution is -0.274. The second kappa shape index (κ2) is 6.66. The highest BCUT2D eigenvalue weighted by atomic mass is 35.5. The van der Waals surface area contributed by atoms with Gasteiger partial charge in [0.1, 0.15) is 11.4 Å². The van der Waals surface area contributed by atoms with Crippen LogP contribution in [0.3, 0.4) is 0 Å². The zero-order valence-electron chi connectivity index (χ0n) is 16.0. The van der Waals surface area contributed by atoms with Gasteiger partial charge in [-0.3, -0.25) is 4.79 Å². The van der Waals surface area contributed by atoms with Crippen molar-refractivity contribution in [1.82, 2.24) is 0 Å². The molecule has 0 unspecified atom stereocenters. The van der Waals surface area contributed by atoms with Crippen molar-refractivity contribution in [2.45, 2.75) is 64.0 Å². The molecule has 0 spiro atoms. The Labute approximate surface area is 166 Å². The summed E-state index contributed by atoms with van der Waals surface area (Å²) in [6.45, 7) is 5.33. The Hall–Kier alpha value is -1.73. The topological polar surface area (TPSA) is 61.5 Å². The number of rotatable bonds is 3. The van der Waals surface area contributed by atoms with Crippen molar-refractivity contribution >= 4 is 23.1 Å². The molecule has 28 heavy (non-hydrogen) atoms. The molecule has 3 aliphatic rings. The molecule has 4 nitrogen and oxygen atoms in total. The van der Waals surface area contributed by atoms with E-state index < -0.39 is 22.9 Å². The molecule has 3 aliphatic carbocycles. The van der Waals surface area contributed by atoms with Crippen molar-refractivity contribution in [2.24, 2.45) is 11.1 Å². The van der Waals surface area contributed by atoms with Crippen LogP contribution in [0.1, 0.15) is 52.0 Å². The number of benzene rings is 1. The van der Waals surface area contributed by atoms with Crippen LogP contribution in [0, 0.1) is 5.41 Å². The molecule has 4 rings (SSSR count). The quantitative estimate of drug-likeness (QED) is 0.683. The predicted octanol–water partition coefficient (Wildman–Crippen LogP) is 5.24. The van der Waals surface area contributed by atoms with Crippen LogP contribution >= 0.6 is 11.6 Å². The van der Waals surface area contributed by atoms with Crippen LogP contribution in [-0.4, -0.2) is 23.5 Å². The third kappa shape index (κ3) is 4.15. The van der Waals surface area contributed by atoms with Crippen molar-refractivity contribution in [3.8, 4) is 5.75 Å². The normalized spacial score (nSPS) is 27.4. The molecule has 2 N–H and O–H groups in total. The molecule has 0 atom stereocenters. The minimum absolute atomic E-state index is 0.152. The van der Waals surface area contributed by atoms with E-state index in [9.17, 15) is 18.0 Å². The summed E-state index contributed by atoms with van der Waals surface area (Å²) in [5, 5.41) is 0.252. The van der Waals surface area contributed by atoms with Gasteiger partial charge in [-0.25, -0.2) is 0 Å². The molecule has 2 bridgehead atoms. The molecule has 154 valence electrons. The van der Waals surface area contributed by atoms with Crippen LogP contribution in [-0.2, 0) is 9.53 Å². The zero-order chi connectivity index (χ0) is 21.0. The Kier molecular flexibility index (Phi) is 4.99. The Morgan fingerprint density at radius 1 is 1.14 bits per heavy atom. The average molecular weight is 418 g/mol. The van der Waals surface area contributed by atoms with Gasteiger partial charge in [0.2, 0.25) is 0 Å². The summed E-state index contributed by atoms with van der Waals surface area (Å²) in [4.78, 5) is 12.9. The first-order chi connectivity index (χ1) is 12.7. The third-order valence-electron chi connectivity index (χ3n) is 5.25. The van der Waals surface area contributed by atoms with Crippen LogP contribution < -0.4 is 10.5 Å². The number of hydrogen-bond acceptors (Lipinski definition) is 4. The fraction of sp³-hybridized carbons (Fsp3) is 0.550. The monoisotopic (exact) mass is 417 g/mol. The maximum atomic E-state index is 12.9. The molecule has 1 aromatic rings. The first-order valence-corrected chi connectivity index (χ1v) is 9.42. The van der Waals surface area contributed by atoms with Gasteiger partial charge >= 0.3 is 12.3 Å². The van der Waals surface area contributed by atoms with Crippen molar-refractivity contribution in [3.63, 3.8) is 0 Å². The highest BCUT2D eigenvalue weighted by Gasteiger charge is 2.53. The molecule has 1 aromatic carbocycles. The molecule has 0 aromatic heterocycles. The van der Waals surface area contributed by atoms with E-state index in [0.717, 1.165) is 6.07 Å². The van der Waals surface area contributed by atoms with Crippen molar-refractivity contribution in [2.75, 3.05) is 0 Å². The molecule has 0 heterocycles. The largest absolute Gasteiger partial charge is 0.573 e. The number of alkyl halides is 3. The van der Waals surface area contributed by atoms with Crippen LogP contribution in [0.15, 0.2) is 24.3 Å². The van der Waals surface area contributed by atoms with Crippen LogP contribution in [0.4, 0.5) is 13.2 Å². The Bertz CT molecular complexity index is 819. The van der Waals surface area contributed by atoms with E-state index in [1.807, 2.05) is 0 Å². The first kappa shape index (κ1) is 21.0. The number of fused-ring (bicyclic) bond motifs is 2. The number of carbonyl (C=O) groups is 1. The van der Waals surface area contributed by atoms with Gasteiger partial charge in [-0.1, -0.05) is 17.7 Å². The van der Waals surface area contributed by atoms with E-state index >= 15 is 0 Å². The molecule has 0 aliphatic heterocycles. The van der Waals surface area contributed by atoms with Gasteiger partial charge in [0.25, 0.3) is 0 Å². The summed E-state index contributed by atoms with van der Waals surface area (Å²) in [7, 11) is 0. The van der Waals surface area contributed by atoms with Crippen molar-refractivity contribution in [1.29, 1.82) is 0 Å². The average Bonchev–Trinajstić information content (AvgIpc) is 2.54. The van der Waals surface area contributed by atoms with E-state index in [1.54, 1.807) is 26.8 Å². The minimum atomic E-state index is -4.86. The molecule has 1 saturated carbocycles. The number of carbonyl (C=O) groups excluding carboxylic acids is 1. The van der Waals surface area contributed by atoms with Gasteiger partial charge in [0.05, 0.1) is 5.41 Å².